The first-order valence-electron chi connectivity index (χ1n) is 7.67. The van der Waals surface area contributed by atoms with Crippen LogP contribution in [0.1, 0.15) is 17.5 Å². The summed E-state index contributed by atoms with van der Waals surface area (Å²) in [6.45, 7) is 2.06. The molecule has 5 nitrogen and oxygen atoms in total. The number of carbonyl (C=O) groups is 1. The van der Waals surface area contributed by atoms with Gasteiger partial charge in [0, 0.05) is 24.1 Å². The predicted molar refractivity (Wildman–Crippen MR) is 93.1 cm³/mol. The second kappa shape index (κ2) is 7.68. The molecule has 0 aromatic heterocycles. The Morgan fingerprint density at radius 2 is 1.83 bits per heavy atom. The van der Waals surface area contributed by atoms with Crippen molar-refractivity contribution in [2.24, 2.45) is 0 Å². The van der Waals surface area contributed by atoms with Crippen LogP contribution in [-0.4, -0.2) is 29.3 Å². The van der Waals surface area contributed by atoms with E-state index in [1.807, 2.05) is 42.5 Å². The molecule has 0 saturated carbocycles. The highest BCUT2D eigenvalue weighted by Gasteiger charge is 2.15. The molecule has 6 heteroatoms. The fourth-order valence-electron chi connectivity index (χ4n) is 2.66. The number of hydrogen-bond donors (Lipinski definition) is 1. The zero-order chi connectivity index (χ0) is 16.9. The molecule has 0 unspecified atom stereocenters. The first kappa shape index (κ1) is 16.8. The number of halogens is 1. The molecule has 0 saturated heterocycles. The molecule has 0 spiro atoms. The van der Waals surface area contributed by atoms with Crippen LogP contribution in [0.4, 0.5) is 0 Å². The van der Waals surface area contributed by atoms with Crippen molar-refractivity contribution < 1.29 is 19.4 Å². The minimum absolute atomic E-state index is 0.110. The molecular weight excluding hydrogens is 374 g/mol. The van der Waals surface area contributed by atoms with E-state index < -0.39 is 5.97 Å². The molecule has 0 radical (unpaired) electrons. The minimum atomic E-state index is -0.792. The Morgan fingerprint density at radius 1 is 1.08 bits per heavy atom. The third kappa shape index (κ3) is 4.49. The molecule has 0 bridgehead atoms. The Hall–Kier alpha value is -2.05. The normalized spacial score (nSPS) is 12.6. The molecule has 24 heavy (non-hydrogen) atoms. The lowest BCUT2D eigenvalue weighted by Crippen LogP contribution is -2.25. The van der Waals surface area contributed by atoms with Gasteiger partial charge in [0.15, 0.2) is 11.5 Å². The number of fused-ring (bicyclic) bond motifs is 1. The molecule has 2 aromatic carbocycles. The van der Waals surface area contributed by atoms with Crippen LogP contribution in [-0.2, 0) is 17.9 Å². The van der Waals surface area contributed by atoms with Crippen LogP contribution in [0.2, 0.25) is 0 Å². The first-order chi connectivity index (χ1) is 11.6. The van der Waals surface area contributed by atoms with Crippen LogP contribution < -0.4 is 9.47 Å². The van der Waals surface area contributed by atoms with Gasteiger partial charge < -0.3 is 14.6 Å². The number of nitrogens with zero attached hydrogens (tertiary/aromatic N) is 1. The van der Waals surface area contributed by atoms with E-state index in [1.54, 1.807) is 0 Å². The van der Waals surface area contributed by atoms with Crippen LogP contribution in [0.25, 0.3) is 0 Å². The highest BCUT2D eigenvalue weighted by atomic mass is 79.9. The number of aliphatic carboxylic acids is 1. The van der Waals surface area contributed by atoms with Gasteiger partial charge in [0.25, 0.3) is 0 Å². The van der Waals surface area contributed by atoms with Crippen LogP contribution in [0, 0.1) is 0 Å². The van der Waals surface area contributed by atoms with E-state index in [2.05, 4.69) is 20.8 Å². The highest BCUT2D eigenvalue weighted by molar-refractivity contribution is 9.10. The standard InChI is InChI=1S/C18H18BrNO4/c19-15-3-1-2-13(8-15)10-20(7-6-18(21)22)11-14-4-5-16-17(9-14)24-12-23-16/h1-5,8-9H,6-7,10-12H2,(H,21,22). The Labute approximate surface area is 148 Å². The molecule has 0 fully saturated rings. The van der Waals surface area contributed by atoms with Gasteiger partial charge in [0.05, 0.1) is 6.42 Å². The SMILES string of the molecule is O=C(O)CCN(Cc1cccc(Br)c1)Cc1ccc2c(c1)OCO2. The molecule has 1 N–H and O–H groups in total. The van der Waals surface area contributed by atoms with Crippen LogP contribution >= 0.6 is 15.9 Å². The average molecular weight is 392 g/mol. The molecule has 2 aromatic rings. The Kier molecular flexibility index (Phi) is 5.37. The topological polar surface area (TPSA) is 59.0 Å². The van der Waals surface area contributed by atoms with E-state index in [4.69, 9.17) is 14.6 Å². The Morgan fingerprint density at radius 3 is 2.58 bits per heavy atom. The van der Waals surface area contributed by atoms with Gasteiger partial charge in [-0.2, -0.15) is 0 Å². The smallest absolute Gasteiger partial charge is 0.304 e. The number of carboxylic acids is 1. The van der Waals surface area contributed by atoms with Crippen LogP contribution in [0.15, 0.2) is 46.9 Å². The van der Waals surface area contributed by atoms with E-state index in [9.17, 15) is 4.79 Å². The second-order valence-corrected chi connectivity index (χ2v) is 6.59. The summed E-state index contributed by atoms with van der Waals surface area (Å²) >= 11 is 3.47. The van der Waals surface area contributed by atoms with Crippen molar-refractivity contribution in [1.29, 1.82) is 0 Å². The zero-order valence-corrected chi connectivity index (χ0v) is 14.7. The maximum absolute atomic E-state index is 10.9. The van der Waals surface area contributed by atoms with Gasteiger partial charge in [0.2, 0.25) is 6.79 Å². The summed E-state index contributed by atoms with van der Waals surface area (Å²) in [4.78, 5) is 13.1. The van der Waals surface area contributed by atoms with E-state index in [0.717, 1.165) is 27.1 Å². The molecule has 0 atom stereocenters. The third-order valence-electron chi connectivity index (χ3n) is 3.78. The fraction of sp³-hybridized carbons (Fsp3) is 0.278. The number of carboxylic acid groups (broad SMARTS) is 1. The van der Waals surface area contributed by atoms with Gasteiger partial charge in [-0.1, -0.05) is 34.1 Å². The molecule has 1 heterocycles. The molecule has 1 aliphatic heterocycles. The zero-order valence-electron chi connectivity index (χ0n) is 13.1. The summed E-state index contributed by atoms with van der Waals surface area (Å²) in [5, 5.41) is 8.99. The van der Waals surface area contributed by atoms with Crippen molar-refractivity contribution in [2.45, 2.75) is 19.5 Å². The van der Waals surface area contributed by atoms with Gasteiger partial charge in [-0.25, -0.2) is 0 Å². The molecule has 3 rings (SSSR count). The minimum Gasteiger partial charge on any atom is -0.481 e. The monoisotopic (exact) mass is 391 g/mol. The number of ether oxygens (including phenoxy) is 2. The second-order valence-electron chi connectivity index (χ2n) is 5.67. The van der Waals surface area contributed by atoms with E-state index in [-0.39, 0.29) is 13.2 Å². The van der Waals surface area contributed by atoms with Crippen molar-refractivity contribution in [3.05, 3.63) is 58.1 Å². The maximum Gasteiger partial charge on any atom is 0.304 e. The van der Waals surface area contributed by atoms with Crippen molar-refractivity contribution in [3.8, 4) is 11.5 Å². The van der Waals surface area contributed by atoms with Gasteiger partial charge >= 0.3 is 5.97 Å². The van der Waals surface area contributed by atoms with Gasteiger partial charge in [-0.3, -0.25) is 9.69 Å². The van der Waals surface area contributed by atoms with E-state index in [0.29, 0.717) is 19.6 Å². The molecule has 126 valence electrons. The lowest BCUT2D eigenvalue weighted by molar-refractivity contribution is -0.137. The van der Waals surface area contributed by atoms with E-state index in [1.165, 1.54) is 0 Å². The average Bonchev–Trinajstić information content (AvgIpc) is 3.00. The van der Waals surface area contributed by atoms with Crippen LogP contribution in [0.3, 0.4) is 0 Å². The summed E-state index contributed by atoms with van der Waals surface area (Å²) in [6, 6.07) is 13.9. The van der Waals surface area contributed by atoms with E-state index >= 15 is 0 Å². The largest absolute Gasteiger partial charge is 0.481 e. The first-order valence-corrected chi connectivity index (χ1v) is 8.46. The Bertz CT molecular complexity index is 735. The quantitative estimate of drug-likeness (QED) is 0.780. The molecule has 1 aliphatic rings. The predicted octanol–water partition coefficient (Wildman–Crippen LogP) is 3.65. The number of benzene rings is 2. The molecule has 0 aliphatic carbocycles. The highest BCUT2D eigenvalue weighted by Crippen LogP contribution is 2.33. The number of rotatable bonds is 7. The summed E-state index contributed by atoms with van der Waals surface area (Å²) in [6.07, 6.45) is 0.110. The third-order valence-corrected chi connectivity index (χ3v) is 4.27. The van der Waals surface area contributed by atoms with Crippen molar-refractivity contribution in [1.82, 2.24) is 4.90 Å². The van der Waals surface area contributed by atoms with Crippen molar-refractivity contribution >= 4 is 21.9 Å². The molecule has 0 amide bonds. The molecular formula is C18H18BrNO4. The summed E-state index contributed by atoms with van der Waals surface area (Å²) < 4.78 is 11.8. The van der Waals surface area contributed by atoms with Gasteiger partial charge in [-0.15, -0.1) is 0 Å². The fourth-order valence-corrected chi connectivity index (χ4v) is 3.11. The Balaban J connectivity index is 1.72. The van der Waals surface area contributed by atoms with Crippen molar-refractivity contribution in [2.75, 3.05) is 13.3 Å². The summed E-state index contributed by atoms with van der Waals surface area (Å²) in [5.74, 6) is 0.705. The lowest BCUT2D eigenvalue weighted by Gasteiger charge is -2.22. The number of hydrogen-bond acceptors (Lipinski definition) is 4. The summed E-state index contributed by atoms with van der Waals surface area (Å²) in [7, 11) is 0. The van der Waals surface area contributed by atoms with Crippen LogP contribution in [0.5, 0.6) is 11.5 Å². The van der Waals surface area contributed by atoms with Gasteiger partial charge in [-0.05, 0) is 35.4 Å². The van der Waals surface area contributed by atoms with Crippen molar-refractivity contribution in [3.63, 3.8) is 0 Å². The lowest BCUT2D eigenvalue weighted by atomic mass is 10.1. The van der Waals surface area contributed by atoms with Gasteiger partial charge in [0.1, 0.15) is 0 Å². The summed E-state index contributed by atoms with van der Waals surface area (Å²) in [5.41, 5.74) is 2.20. The maximum atomic E-state index is 10.9.